The van der Waals surface area contributed by atoms with Crippen LogP contribution in [0.25, 0.3) is 0 Å². The van der Waals surface area contributed by atoms with Gasteiger partial charge in [0.25, 0.3) is 0 Å². The van der Waals surface area contributed by atoms with Crippen LogP contribution >= 0.6 is 11.6 Å². The minimum absolute atomic E-state index is 0.290. The first kappa shape index (κ1) is 13.5. The molecule has 0 spiro atoms. The third kappa shape index (κ3) is 2.66. The third-order valence-corrected chi connectivity index (χ3v) is 5.06. The molecular weight excluding hydrogens is 290 g/mol. The zero-order valence-corrected chi connectivity index (χ0v) is 12.8. The van der Waals surface area contributed by atoms with E-state index in [2.05, 4.69) is 24.8 Å². The Balaban J connectivity index is 1.56. The number of aromatic nitrogens is 3. The molecule has 7 heteroatoms. The molecule has 2 aliphatic heterocycles. The molecule has 6 nitrogen and oxygen atoms in total. The van der Waals surface area contributed by atoms with Crippen LogP contribution in [0.5, 0.6) is 0 Å². The van der Waals surface area contributed by atoms with Crippen molar-refractivity contribution in [2.24, 2.45) is 11.8 Å². The van der Waals surface area contributed by atoms with Gasteiger partial charge in [0, 0.05) is 26.2 Å². The van der Waals surface area contributed by atoms with E-state index in [0.717, 1.165) is 44.0 Å². The molecule has 2 atom stereocenters. The lowest BCUT2D eigenvalue weighted by Crippen LogP contribution is -2.38. The SMILES string of the molecule is Clc1nc(N2CCOCC2)nc(N2CC3CCCC3C2)n1. The van der Waals surface area contributed by atoms with Crippen LogP contribution in [-0.4, -0.2) is 54.3 Å². The number of ether oxygens (including phenoxy) is 1. The maximum Gasteiger partial charge on any atom is 0.231 e. The average molecular weight is 310 g/mol. The van der Waals surface area contributed by atoms with Gasteiger partial charge in [-0.05, 0) is 36.3 Å². The molecule has 2 saturated heterocycles. The van der Waals surface area contributed by atoms with Gasteiger partial charge in [-0.15, -0.1) is 0 Å². The zero-order valence-electron chi connectivity index (χ0n) is 12.0. The maximum atomic E-state index is 6.12. The standard InChI is InChI=1S/C14H20ClN5O/c15-12-16-13(19-4-6-21-7-5-19)18-14(17-12)20-8-10-2-1-3-11(10)9-20/h10-11H,1-9H2. The molecule has 3 aliphatic rings. The van der Waals surface area contributed by atoms with Crippen molar-refractivity contribution in [2.45, 2.75) is 19.3 Å². The van der Waals surface area contributed by atoms with Gasteiger partial charge in [-0.25, -0.2) is 0 Å². The Hall–Kier alpha value is -1.14. The second-order valence-electron chi connectivity index (χ2n) is 6.16. The molecule has 0 aromatic carbocycles. The van der Waals surface area contributed by atoms with E-state index in [1.807, 2.05) is 0 Å². The summed E-state index contributed by atoms with van der Waals surface area (Å²) in [6, 6.07) is 0. The molecular formula is C14H20ClN5O. The van der Waals surface area contributed by atoms with Crippen molar-refractivity contribution in [3.05, 3.63) is 5.28 Å². The molecule has 0 radical (unpaired) electrons. The molecule has 21 heavy (non-hydrogen) atoms. The minimum atomic E-state index is 0.290. The van der Waals surface area contributed by atoms with Crippen LogP contribution in [0.15, 0.2) is 0 Å². The predicted octanol–water partition coefficient (Wildman–Crippen LogP) is 1.60. The van der Waals surface area contributed by atoms with Gasteiger partial charge < -0.3 is 14.5 Å². The summed E-state index contributed by atoms with van der Waals surface area (Å²) in [6.07, 6.45) is 4.06. The Labute approximate surface area is 129 Å². The Kier molecular flexibility index (Phi) is 3.59. The number of halogens is 1. The van der Waals surface area contributed by atoms with Crippen molar-refractivity contribution in [3.8, 4) is 0 Å². The van der Waals surface area contributed by atoms with Crippen LogP contribution in [0.1, 0.15) is 19.3 Å². The Morgan fingerprint density at radius 2 is 1.52 bits per heavy atom. The van der Waals surface area contributed by atoms with Crippen LogP contribution in [0.3, 0.4) is 0 Å². The molecule has 1 aromatic heterocycles. The summed E-state index contributed by atoms with van der Waals surface area (Å²) in [5.74, 6) is 3.05. The molecule has 2 unspecified atom stereocenters. The molecule has 4 rings (SSSR count). The average Bonchev–Trinajstić information content (AvgIpc) is 3.09. The lowest BCUT2D eigenvalue weighted by Gasteiger charge is -2.27. The number of nitrogens with zero attached hydrogens (tertiary/aromatic N) is 5. The van der Waals surface area contributed by atoms with Crippen molar-refractivity contribution >= 4 is 23.5 Å². The highest BCUT2D eigenvalue weighted by Crippen LogP contribution is 2.39. The Morgan fingerprint density at radius 3 is 2.19 bits per heavy atom. The highest BCUT2D eigenvalue weighted by atomic mass is 35.5. The van der Waals surface area contributed by atoms with Crippen molar-refractivity contribution in [2.75, 3.05) is 49.2 Å². The summed E-state index contributed by atoms with van der Waals surface area (Å²) >= 11 is 6.12. The highest BCUT2D eigenvalue weighted by Gasteiger charge is 2.37. The van der Waals surface area contributed by atoms with Crippen molar-refractivity contribution in [3.63, 3.8) is 0 Å². The fraction of sp³-hybridized carbons (Fsp3) is 0.786. The van der Waals surface area contributed by atoms with Gasteiger partial charge >= 0.3 is 0 Å². The van der Waals surface area contributed by atoms with E-state index in [4.69, 9.17) is 16.3 Å². The Bertz CT molecular complexity index is 510. The second kappa shape index (κ2) is 5.57. The minimum Gasteiger partial charge on any atom is -0.378 e. The number of hydrogen-bond donors (Lipinski definition) is 0. The van der Waals surface area contributed by atoms with Crippen molar-refractivity contribution in [1.82, 2.24) is 15.0 Å². The molecule has 0 bridgehead atoms. The first-order valence-electron chi connectivity index (χ1n) is 7.79. The number of fused-ring (bicyclic) bond motifs is 1. The van der Waals surface area contributed by atoms with E-state index in [-0.39, 0.29) is 0 Å². The first-order chi connectivity index (χ1) is 10.3. The van der Waals surface area contributed by atoms with E-state index in [1.165, 1.54) is 19.3 Å². The first-order valence-corrected chi connectivity index (χ1v) is 8.16. The van der Waals surface area contributed by atoms with Gasteiger partial charge in [-0.1, -0.05) is 6.42 Å². The summed E-state index contributed by atoms with van der Waals surface area (Å²) in [5.41, 5.74) is 0. The summed E-state index contributed by atoms with van der Waals surface area (Å²) in [6.45, 7) is 5.18. The number of morpholine rings is 1. The van der Waals surface area contributed by atoms with Crippen LogP contribution in [-0.2, 0) is 4.74 Å². The van der Waals surface area contributed by atoms with Crippen LogP contribution in [0.4, 0.5) is 11.9 Å². The van der Waals surface area contributed by atoms with Gasteiger partial charge in [0.05, 0.1) is 13.2 Å². The van der Waals surface area contributed by atoms with E-state index < -0.39 is 0 Å². The molecule has 1 saturated carbocycles. The molecule has 3 fully saturated rings. The molecule has 0 amide bonds. The summed E-state index contributed by atoms with van der Waals surface area (Å²) < 4.78 is 5.38. The maximum absolute atomic E-state index is 6.12. The van der Waals surface area contributed by atoms with Gasteiger partial charge in [-0.2, -0.15) is 15.0 Å². The van der Waals surface area contributed by atoms with E-state index >= 15 is 0 Å². The smallest absolute Gasteiger partial charge is 0.231 e. The van der Waals surface area contributed by atoms with Gasteiger partial charge in [-0.3, -0.25) is 0 Å². The number of rotatable bonds is 2. The lowest BCUT2D eigenvalue weighted by molar-refractivity contribution is 0.122. The van der Waals surface area contributed by atoms with Crippen LogP contribution in [0, 0.1) is 11.8 Å². The van der Waals surface area contributed by atoms with Gasteiger partial charge in [0.1, 0.15) is 0 Å². The van der Waals surface area contributed by atoms with Crippen LogP contribution in [0.2, 0.25) is 5.28 Å². The quantitative estimate of drug-likeness (QED) is 0.827. The zero-order chi connectivity index (χ0) is 14.2. The fourth-order valence-corrected chi connectivity index (χ4v) is 3.93. The lowest BCUT2D eigenvalue weighted by atomic mass is 10.0. The topological polar surface area (TPSA) is 54.4 Å². The predicted molar refractivity (Wildman–Crippen MR) is 80.9 cm³/mol. The molecule has 1 aromatic rings. The summed E-state index contributed by atoms with van der Waals surface area (Å²) in [5, 5.41) is 0.290. The molecule has 3 heterocycles. The van der Waals surface area contributed by atoms with Gasteiger partial charge in [0.2, 0.25) is 17.2 Å². The third-order valence-electron chi connectivity index (χ3n) is 4.89. The largest absolute Gasteiger partial charge is 0.378 e. The Morgan fingerprint density at radius 1 is 0.905 bits per heavy atom. The van der Waals surface area contributed by atoms with E-state index in [0.29, 0.717) is 24.4 Å². The monoisotopic (exact) mass is 309 g/mol. The van der Waals surface area contributed by atoms with E-state index in [9.17, 15) is 0 Å². The number of hydrogen-bond acceptors (Lipinski definition) is 6. The summed E-state index contributed by atoms with van der Waals surface area (Å²) in [7, 11) is 0. The summed E-state index contributed by atoms with van der Waals surface area (Å²) in [4.78, 5) is 17.7. The van der Waals surface area contributed by atoms with E-state index in [1.54, 1.807) is 0 Å². The molecule has 114 valence electrons. The molecule has 1 aliphatic carbocycles. The number of anilines is 2. The van der Waals surface area contributed by atoms with Crippen molar-refractivity contribution < 1.29 is 4.74 Å². The highest BCUT2D eigenvalue weighted by molar-refractivity contribution is 6.28. The van der Waals surface area contributed by atoms with Crippen molar-refractivity contribution in [1.29, 1.82) is 0 Å². The fourth-order valence-electron chi connectivity index (χ4n) is 3.77. The second-order valence-corrected chi connectivity index (χ2v) is 6.50. The van der Waals surface area contributed by atoms with Crippen LogP contribution < -0.4 is 9.80 Å². The molecule has 0 N–H and O–H groups in total. The van der Waals surface area contributed by atoms with Gasteiger partial charge in [0.15, 0.2) is 0 Å². The normalized spacial score (nSPS) is 29.0.